The van der Waals surface area contributed by atoms with Crippen LogP contribution in [0.25, 0.3) is 0 Å². The van der Waals surface area contributed by atoms with Crippen LogP contribution in [0.15, 0.2) is 36.4 Å². The average molecular weight is 541 g/mol. The minimum absolute atomic E-state index is 0.248. The molecule has 0 bridgehead atoms. The van der Waals surface area contributed by atoms with Gasteiger partial charge in [0.25, 0.3) is 5.91 Å². The summed E-state index contributed by atoms with van der Waals surface area (Å²) in [5.41, 5.74) is 9.06. The monoisotopic (exact) mass is 540 g/mol. The summed E-state index contributed by atoms with van der Waals surface area (Å²) >= 11 is 0. The van der Waals surface area contributed by atoms with Gasteiger partial charge in [0.1, 0.15) is 17.7 Å². The van der Waals surface area contributed by atoms with E-state index in [2.05, 4.69) is 10.6 Å². The molecule has 2 aromatic rings. The number of alkyl carbamates (subject to hydrolysis) is 1. The van der Waals surface area contributed by atoms with Crippen molar-refractivity contribution in [2.45, 2.75) is 72.6 Å². The highest BCUT2D eigenvalue weighted by molar-refractivity contribution is 6.00. The zero-order chi connectivity index (χ0) is 29.5. The zero-order valence-electron chi connectivity index (χ0n) is 23.8. The Morgan fingerprint density at radius 2 is 1.62 bits per heavy atom. The number of carbonyl (C=O) groups is 4. The Bertz CT molecular complexity index is 1200. The molecule has 0 saturated carbocycles. The molecule has 212 valence electrons. The van der Waals surface area contributed by atoms with Crippen molar-refractivity contribution in [3.05, 3.63) is 64.2 Å². The van der Waals surface area contributed by atoms with E-state index in [9.17, 15) is 24.3 Å². The van der Waals surface area contributed by atoms with Crippen molar-refractivity contribution in [1.29, 1.82) is 0 Å². The van der Waals surface area contributed by atoms with Crippen LogP contribution in [0.1, 0.15) is 61.1 Å². The summed E-state index contributed by atoms with van der Waals surface area (Å²) in [5.74, 6) is -2.12. The number of nitrogens with one attached hydrogen (secondary N) is 2. The summed E-state index contributed by atoms with van der Waals surface area (Å²) in [6.07, 6.45) is -1.45. The molecule has 2 aromatic carbocycles. The van der Waals surface area contributed by atoms with Crippen molar-refractivity contribution < 1.29 is 29.0 Å². The highest BCUT2D eigenvalue weighted by Gasteiger charge is 2.37. The number of nitrogens with two attached hydrogens (primary N) is 1. The van der Waals surface area contributed by atoms with Crippen LogP contribution >= 0.6 is 0 Å². The van der Waals surface area contributed by atoms with Gasteiger partial charge in [0.15, 0.2) is 0 Å². The van der Waals surface area contributed by atoms with Crippen molar-refractivity contribution in [2.75, 3.05) is 18.5 Å². The second kappa shape index (κ2) is 13.2. The highest BCUT2D eigenvalue weighted by atomic mass is 16.6. The fourth-order valence-corrected chi connectivity index (χ4v) is 4.31. The van der Waals surface area contributed by atoms with Gasteiger partial charge in [-0.05, 0) is 70.7 Å². The molecule has 2 rings (SSSR count). The fraction of sp³-hybridized carbons (Fsp3) is 0.448. The van der Waals surface area contributed by atoms with E-state index >= 15 is 0 Å². The Morgan fingerprint density at radius 3 is 2.13 bits per heavy atom. The fourth-order valence-electron chi connectivity index (χ4n) is 4.31. The predicted molar refractivity (Wildman–Crippen MR) is 149 cm³/mol. The number of ether oxygens (including phenoxy) is 1. The summed E-state index contributed by atoms with van der Waals surface area (Å²) in [5, 5.41) is 15.3. The normalized spacial score (nSPS) is 12.7. The first kappa shape index (κ1) is 31.3. The van der Waals surface area contributed by atoms with E-state index < -0.39 is 54.5 Å². The second-order valence-electron chi connectivity index (χ2n) is 10.6. The third-order valence-electron chi connectivity index (χ3n) is 6.03. The molecule has 4 amide bonds. The topological polar surface area (TPSA) is 151 Å². The molecule has 0 aliphatic carbocycles. The molecule has 0 saturated heterocycles. The molecule has 5 N–H and O–H groups in total. The maximum atomic E-state index is 13.9. The summed E-state index contributed by atoms with van der Waals surface area (Å²) in [6.45, 7) is 11.7. The van der Waals surface area contributed by atoms with Gasteiger partial charge in [-0.15, -0.1) is 0 Å². The second-order valence-corrected chi connectivity index (χ2v) is 10.6. The molecule has 10 nitrogen and oxygen atoms in total. The average Bonchev–Trinajstić information content (AvgIpc) is 2.80. The van der Waals surface area contributed by atoms with Crippen LogP contribution in [0.3, 0.4) is 0 Å². The Balaban J connectivity index is 2.60. The number of nitrogens with zero attached hydrogens (tertiary/aromatic N) is 1. The summed E-state index contributed by atoms with van der Waals surface area (Å²) in [6, 6.07) is 8.43. The number of aryl methyl sites for hydroxylation is 4. The molecule has 10 heteroatoms. The number of carbonyl (C=O) groups excluding carboxylic acids is 4. The lowest BCUT2D eigenvalue weighted by Crippen LogP contribution is -2.54. The number of rotatable bonds is 10. The number of amides is 4. The first-order valence-electron chi connectivity index (χ1n) is 12.8. The van der Waals surface area contributed by atoms with Crippen LogP contribution in [-0.2, 0) is 19.1 Å². The number of primary amides is 1. The molecule has 0 spiro atoms. The Kier molecular flexibility index (Phi) is 10.6. The van der Waals surface area contributed by atoms with E-state index in [-0.39, 0.29) is 6.54 Å². The van der Waals surface area contributed by atoms with Gasteiger partial charge in [0.2, 0.25) is 11.8 Å². The molecular weight excluding hydrogens is 500 g/mol. The van der Waals surface area contributed by atoms with Gasteiger partial charge in [-0.1, -0.05) is 42.0 Å². The van der Waals surface area contributed by atoms with Gasteiger partial charge >= 0.3 is 6.09 Å². The maximum Gasteiger partial charge on any atom is 0.408 e. The third kappa shape index (κ3) is 8.81. The molecule has 2 atom stereocenters. The Morgan fingerprint density at radius 1 is 1.00 bits per heavy atom. The van der Waals surface area contributed by atoms with Crippen molar-refractivity contribution in [3.63, 3.8) is 0 Å². The maximum absolute atomic E-state index is 13.9. The smallest absolute Gasteiger partial charge is 0.408 e. The van der Waals surface area contributed by atoms with Gasteiger partial charge < -0.3 is 31.1 Å². The first-order chi connectivity index (χ1) is 18.1. The number of hydrogen-bond donors (Lipinski definition) is 4. The number of aliphatic hydroxyl groups excluding tert-OH is 1. The van der Waals surface area contributed by atoms with Crippen molar-refractivity contribution >= 4 is 29.5 Å². The molecule has 0 aliphatic heterocycles. The number of anilines is 1. The van der Waals surface area contributed by atoms with E-state index in [1.165, 1.54) is 0 Å². The van der Waals surface area contributed by atoms with Crippen molar-refractivity contribution in [3.8, 4) is 0 Å². The summed E-state index contributed by atoms with van der Waals surface area (Å²) in [7, 11) is 0. The van der Waals surface area contributed by atoms with E-state index in [1.807, 2.05) is 58.0 Å². The predicted octanol–water partition coefficient (Wildman–Crippen LogP) is 3.19. The molecular formula is C29H40N4O6. The minimum atomic E-state index is -1.43. The highest BCUT2D eigenvalue weighted by Crippen LogP contribution is 2.29. The van der Waals surface area contributed by atoms with Crippen LogP contribution in [0.2, 0.25) is 0 Å². The van der Waals surface area contributed by atoms with Gasteiger partial charge in [-0.2, -0.15) is 0 Å². The van der Waals surface area contributed by atoms with Crippen molar-refractivity contribution in [1.82, 2.24) is 10.2 Å². The molecule has 0 fully saturated rings. The van der Waals surface area contributed by atoms with E-state index in [0.29, 0.717) is 11.3 Å². The molecule has 2 unspecified atom stereocenters. The quantitative estimate of drug-likeness (QED) is 0.363. The van der Waals surface area contributed by atoms with Crippen LogP contribution in [0.5, 0.6) is 0 Å². The molecule has 0 heterocycles. The van der Waals surface area contributed by atoms with Gasteiger partial charge in [-0.3, -0.25) is 14.4 Å². The SMILES string of the molecule is Cc1ccc(C(C(=O)Nc2c(C)cccc2C)N(CCO)C(=O)C(CC(N)=O)NC(=O)OC(C)(C)C)c(C)c1. The lowest BCUT2D eigenvalue weighted by molar-refractivity contribution is -0.142. The summed E-state index contributed by atoms with van der Waals surface area (Å²) < 4.78 is 5.27. The summed E-state index contributed by atoms with van der Waals surface area (Å²) in [4.78, 5) is 53.4. The van der Waals surface area contributed by atoms with Gasteiger partial charge in [0, 0.05) is 12.2 Å². The zero-order valence-corrected chi connectivity index (χ0v) is 23.8. The number of hydrogen-bond acceptors (Lipinski definition) is 6. The van der Waals surface area contributed by atoms with E-state index in [1.54, 1.807) is 26.8 Å². The van der Waals surface area contributed by atoms with Gasteiger partial charge in [0.05, 0.1) is 13.0 Å². The largest absolute Gasteiger partial charge is 0.444 e. The third-order valence-corrected chi connectivity index (χ3v) is 6.03. The minimum Gasteiger partial charge on any atom is -0.444 e. The first-order valence-corrected chi connectivity index (χ1v) is 12.8. The van der Waals surface area contributed by atoms with Crippen LogP contribution in [0.4, 0.5) is 10.5 Å². The standard InChI is InChI=1S/C29H40N4O6/c1-17-11-12-21(20(4)15-17)25(26(36)32-24-18(2)9-8-10-19(24)3)33(13-14-34)27(37)22(16-23(30)35)31-28(38)39-29(5,6)7/h8-12,15,22,25,34H,13-14,16H2,1-7H3,(H2,30,35)(H,31,38)(H,32,36). The Labute approximate surface area is 229 Å². The number of aliphatic hydroxyl groups is 1. The lowest BCUT2D eigenvalue weighted by atomic mass is 9.96. The number of benzene rings is 2. The van der Waals surface area contributed by atoms with E-state index in [0.717, 1.165) is 27.2 Å². The molecule has 39 heavy (non-hydrogen) atoms. The van der Waals surface area contributed by atoms with Gasteiger partial charge in [-0.25, -0.2) is 4.79 Å². The van der Waals surface area contributed by atoms with E-state index in [4.69, 9.17) is 10.5 Å². The van der Waals surface area contributed by atoms with Crippen LogP contribution in [-0.4, -0.2) is 58.6 Å². The molecule has 0 radical (unpaired) electrons. The molecule has 0 aliphatic rings. The van der Waals surface area contributed by atoms with Crippen LogP contribution < -0.4 is 16.4 Å². The Hall–Kier alpha value is -3.92. The van der Waals surface area contributed by atoms with Crippen LogP contribution in [0, 0.1) is 27.7 Å². The molecule has 0 aromatic heterocycles. The number of para-hydroxylation sites is 1. The van der Waals surface area contributed by atoms with Crippen molar-refractivity contribution in [2.24, 2.45) is 5.73 Å². The lowest BCUT2D eigenvalue weighted by Gasteiger charge is -2.34.